The monoisotopic (exact) mass is 406 g/mol. The molecule has 0 atom stereocenters. The van der Waals surface area contributed by atoms with Gasteiger partial charge in [0, 0.05) is 36.1 Å². The Labute approximate surface area is 176 Å². The highest BCUT2D eigenvalue weighted by Gasteiger charge is 2.24. The standard InChI is InChI=1S/C24H26N2O4/c1-15-5-6-19-17(11-15)12-20(25-19)24(27)26-9-7-16(8-10-26)23-21(29-3)13-18(28-2)14-22(23)30-4/h5-7,11-14,25H,8-10H2,1-4H3. The normalized spacial score (nSPS) is 13.9. The molecular formula is C24H26N2O4. The van der Waals surface area contributed by atoms with Crippen LogP contribution in [0.2, 0.25) is 0 Å². The first kappa shape index (κ1) is 19.9. The van der Waals surface area contributed by atoms with Crippen LogP contribution >= 0.6 is 0 Å². The Hall–Kier alpha value is -3.41. The van der Waals surface area contributed by atoms with Gasteiger partial charge in [-0.2, -0.15) is 0 Å². The van der Waals surface area contributed by atoms with Gasteiger partial charge < -0.3 is 24.1 Å². The van der Waals surface area contributed by atoms with E-state index in [0.29, 0.717) is 42.5 Å². The fourth-order valence-corrected chi connectivity index (χ4v) is 3.94. The van der Waals surface area contributed by atoms with E-state index < -0.39 is 0 Å². The van der Waals surface area contributed by atoms with Gasteiger partial charge >= 0.3 is 0 Å². The highest BCUT2D eigenvalue weighted by Crippen LogP contribution is 2.41. The van der Waals surface area contributed by atoms with Crippen LogP contribution in [0.3, 0.4) is 0 Å². The highest BCUT2D eigenvalue weighted by atomic mass is 16.5. The first-order valence-corrected chi connectivity index (χ1v) is 9.92. The number of benzene rings is 2. The minimum absolute atomic E-state index is 0.00724. The zero-order valence-electron chi connectivity index (χ0n) is 17.7. The van der Waals surface area contributed by atoms with E-state index in [1.54, 1.807) is 21.3 Å². The fraction of sp³-hybridized carbons (Fsp3) is 0.292. The van der Waals surface area contributed by atoms with E-state index in [-0.39, 0.29) is 5.91 Å². The second kappa shape index (κ2) is 8.14. The number of nitrogens with one attached hydrogen (secondary N) is 1. The van der Waals surface area contributed by atoms with Crippen molar-refractivity contribution in [3.63, 3.8) is 0 Å². The lowest BCUT2D eigenvalue weighted by atomic mass is 9.97. The number of hydrogen-bond donors (Lipinski definition) is 1. The van der Waals surface area contributed by atoms with Crippen LogP contribution in [-0.2, 0) is 0 Å². The van der Waals surface area contributed by atoms with E-state index in [2.05, 4.69) is 17.1 Å². The van der Waals surface area contributed by atoms with Crippen LogP contribution in [0.25, 0.3) is 16.5 Å². The molecule has 2 aromatic carbocycles. The second-order valence-corrected chi connectivity index (χ2v) is 7.41. The molecule has 1 N–H and O–H groups in total. The van der Waals surface area contributed by atoms with Crippen LogP contribution in [0.5, 0.6) is 17.2 Å². The Balaban J connectivity index is 1.59. The highest BCUT2D eigenvalue weighted by molar-refractivity contribution is 5.98. The zero-order chi connectivity index (χ0) is 21.3. The average molecular weight is 406 g/mol. The Kier molecular flexibility index (Phi) is 5.40. The van der Waals surface area contributed by atoms with Gasteiger partial charge in [-0.1, -0.05) is 17.7 Å². The SMILES string of the molecule is COc1cc(OC)c(C2=CCN(C(=O)c3cc4cc(C)ccc4[nH]3)CC2)c(OC)c1. The van der Waals surface area contributed by atoms with Crippen LogP contribution in [0.1, 0.15) is 28.0 Å². The van der Waals surface area contributed by atoms with Gasteiger partial charge in [0.1, 0.15) is 22.9 Å². The average Bonchev–Trinajstić information content (AvgIpc) is 3.20. The quantitative estimate of drug-likeness (QED) is 0.681. The van der Waals surface area contributed by atoms with Crippen molar-refractivity contribution in [2.24, 2.45) is 0 Å². The summed E-state index contributed by atoms with van der Waals surface area (Å²) in [5.41, 5.74) is 4.78. The minimum atomic E-state index is 0.00724. The summed E-state index contributed by atoms with van der Waals surface area (Å²) in [4.78, 5) is 18.1. The molecule has 30 heavy (non-hydrogen) atoms. The summed E-state index contributed by atoms with van der Waals surface area (Å²) in [6, 6.07) is 11.8. The van der Waals surface area contributed by atoms with E-state index in [1.165, 1.54) is 5.56 Å². The number of fused-ring (bicyclic) bond motifs is 1. The van der Waals surface area contributed by atoms with Gasteiger partial charge in [0.15, 0.2) is 0 Å². The first-order chi connectivity index (χ1) is 14.5. The number of aryl methyl sites for hydroxylation is 1. The number of H-pyrrole nitrogens is 1. The predicted octanol–water partition coefficient (Wildman–Crippen LogP) is 4.43. The van der Waals surface area contributed by atoms with Gasteiger partial charge in [0.25, 0.3) is 5.91 Å². The predicted molar refractivity (Wildman–Crippen MR) is 118 cm³/mol. The summed E-state index contributed by atoms with van der Waals surface area (Å²) in [6.07, 6.45) is 2.78. The lowest BCUT2D eigenvalue weighted by Gasteiger charge is -2.27. The van der Waals surface area contributed by atoms with Gasteiger partial charge in [-0.3, -0.25) is 4.79 Å². The van der Waals surface area contributed by atoms with Crippen molar-refractivity contribution in [1.29, 1.82) is 0 Å². The Bertz CT molecular complexity index is 1100. The number of ether oxygens (including phenoxy) is 3. The van der Waals surface area contributed by atoms with Gasteiger partial charge in [0.05, 0.1) is 26.9 Å². The molecule has 0 fully saturated rings. The number of methoxy groups -OCH3 is 3. The number of carbonyl (C=O) groups excluding carboxylic acids is 1. The molecule has 1 aliphatic rings. The van der Waals surface area contributed by atoms with Crippen LogP contribution < -0.4 is 14.2 Å². The number of aromatic nitrogens is 1. The number of carbonyl (C=O) groups is 1. The maximum atomic E-state index is 13.0. The van der Waals surface area contributed by atoms with Crippen molar-refractivity contribution in [2.45, 2.75) is 13.3 Å². The molecule has 4 rings (SSSR count). The fourth-order valence-electron chi connectivity index (χ4n) is 3.94. The van der Waals surface area contributed by atoms with Crippen LogP contribution in [-0.4, -0.2) is 50.2 Å². The Morgan fingerprint density at radius 3 is 2.33 bits per heavy atom. The van der Waals surface area contributed by atoms with Crippen molar-refractivity contribution in [3.8, 4) is 17.2 Å². The van der Waals surface area contributed by atoms with Gasteiger partial charge in [-0.15, -0.1) is 0 Å². The zero-order valence-corrected chi connectivity index (χ0v) is 17.7. The molecule has 1 amide bonds. The van der Waals surface area contributed by atoms with Crippen molar-refractivity contribution >= 4 is 22.4 Å². The molecule has 1 aromatic heterocycles. The van der Waals surface area contributed by atoms with Crippen LogP contribution in [0.15, 0.2) is 42.5 Å². The Morgan fingerprint density at radius 2 is 1.73 bits per heavy atom. The first-order valence-electron chi connectivity index (χ1n) is 9.92. The number of amides is 1. The lowest BCUT2D eigenvalue weighted by molar-refractivity contribution is 0.0768. The number of rotatable bonds is 5. The smallest absolute Gasteiger partial charge is 0.270 e. The lowest BCUT2D eigenvalue weighted by Crippen LogP contribution is -2.34. The van der Waals surface area contributed by atoms with E-state index >= 15 is 0 Å². The summed E-state index contributed by atoms with van der Waals surface area (Å²) in [6.45, 7) is 3.20. The van der Waals surface area contributed by atoms with E-state index in [9.17, 15) is 4.79 Å². The van der Waals surface area contributed by atoms with E-state index in [4.69, 9.17) is 14.2 Å². The molecule has 0 spiro atoms. The molecule has 6 nitrogen and oxygen atoms in total. The van der Waals surface area contributed by atoms with Crippen molar-refractivity contribution in [3.05, 3.63) is 59.3 Å². The molecular weight excluding hydrogens is 380 g/mol. The molecule has 2 heterocycles. The molecule has 0 saturated carbocycles. The van der Waals surface area contributed by atoms with Gasteiger partial charge in [-0.25, -0.2) is 0 Å². The maximum Gasteiger partial charge on any atom is 0.270 e. The third-order valence-corrected chi connectivity index (χ3v) is 5.54. The molecule has 156 valence electrons. The third-order valence-electron chi connectivity index (χ3n) is 5.54. The summed E-state index contributed by atoms with van der Waals surface area (Å²) in [5, 5.41) is 1.05. The molecule has 0 unspecified atom stereocenters. The molecule has 1 aliphatic heterocycles. The van der Waals surface area contributed by atoms with E-state index in [1.807, 2.05) is 42.2 Å². The van der Waals surface area contributed by atoms with Crippen molar-refractivity contribution < 1.29 is 19.0 Å². The van der Waals surface area contributed by atoms with Crippen molar-refractivity contribution in [1.82, 2.24) is 9.88 Å². The number of aromatic amines is 1. The topological polar surface area (TPSA) is 63.8 Å². The molecule has 3 aromatic rings. The summed E-state index contributed by atoms with van der Waals surface area (Å²) < 4.78 is 16.5. The molecule has 0 bridgehead atoms. The van der Waals surface area contributed by atoms with Gasteiger partial charge in [-0.05, 0) is 37.1 Å². The molecule has 0 saturated heterocycles. The van der Waals surface area contributed by atoms with E-state index in [0.717, 1.165) is 22.0 Å². The summed E-state index contributed by atoms with van der Waals surface area (Å²) in [5.74, 6) is 2.08. The van der Waals surface area contributed by atoms with Crippen molar-refractivity contribution in [2.75, 3.05) is 34.4 Å². The van der Waals surface area contributed by atoms with Gasteiger partial charge in [0.2, 0.25) is 0 Å². The van der Waals surface area contributed by atoms with Crippen LogP contribution in [0, 0.1) is 6.92 Å². The molecule has 0 aliphatic carbocycles. The number of hydrogen-bond acceptors (Lipinski definition) is 4. The Morgan fingerprint density at radius 1 is 1.00 bits per heavy atom. The summed E-state index contributed by atoms with van der Waals surface area (Å²) in [7, 11) is 4.88. The second-order valence-electron chi connectivity index (χ2n) is 7.41. The van der Waals surface area contributed by atoms with Crippen LogP contribution in [0.4, 0.5) is 0 Å². The minimum Gasteiger partial charge on any atom is -0.496 e. The third kappa shape index (κ3) is 3.61. The maximum absolute atomic E-state index is 13.0. The summed E-state index contributed by atoms with van der Waals surface area (Å²) >= 11 is 0. The molecule has 0 radical (unpaired) electrons. The number of nitrogens with zero attached hydrogens (tertiary/aromatic N) is 1. The molecule has 6 heteroatoms. The largest absolute Gasteiger partial charge is 0.496 e.